The molecule has 2 aromatic rings. The minimum absolute atomic E-state index is 0.0695. The minimum Gasteiger partial charge on any atom is -0.341 e. The van der Waals surface area contributed by atoms with Gasteiger partial charge in [0.15, 0.2) is 5.78 Å². The van der Waals surface area contributed by atoms with Gasteiger partial charge >= 0.3 is 0 Å². The first-order chi connectivity index (χ1) is 10.2. The van der Waals surface area contributed by atoms with Gasteiger partial charge in [-0.3, -0.25) is 9.69 Å². The molecule has 2 rings (SSSR count). The van der Waals surface area contributed by atoms with Crippen molar-refractivity contribution in [2.24, 2.45) is 0 Å². The van der Waals surface area contributed by atoms with Gasteiger partial charge < -0.3 is 4.57 Å². The largest absolute Gasteiger partial charge is 0.341 e. The Balaban J connectivity index is 2.15. The van der Waals surface area contributed by atoms with Crippen molar-refractivity contribution in [3.63, 3.8) is 0 Å². The van der Waals surface area contributed by atoms with Gasteiger partial charge in [-0.15, -0.1) is 0 Å². The van der Waals surface area contributed by atoms with Crippen LogP contribution in [0.2, 0.25) is 0 Å². The third-order valence-electron chi connectivity index (χ3n) is 3.68. The molecular weight excluding hydrogens is 267 g/mol. The van der Waals surface area contributed by atoms with Crippen LogP contribution < -0.4 is 0 Å². The molecular formula is C17H21FN2O. The molecule has 0 unspecified atom stereocenters. The number of Topliss-reactive ketones (excluding diaryl/α,β-unsaturated/α-hetero) is 1. The number of carbonyl (C=O) groups excluding carboxylic acids is 1. The van der Waals surface area contributed by atoms with Gasteiger partial charge in [0.05, 0.1) is 18.8 Å². The van der Waals surface area contributed by atoms with E-state index in [2.05, 4.69) is 4.90 Å². The molecule has 0 fully saturated rings. The monoisotopic (exact) mass is 288 g/mol. The first-order valence-electron chi connectivity index (χ1n) is 7.29. The number of hydrogen-bond donors (Lipinski definition) is 0. The van der Waals surface area contributed by atoms with E-state index in [4.69, 9.17) is 0 Å². The van der Waals surface area contributed by atoms with Crippen LogP contribution in [0.15, 0.2) is 42.6 Å². The van der Waals surface area contributed by atoms with E-state index in [9.17, 15) is 9.18 Å². The molecule has 0 atom stereocenters. The van der Waals surface area contributed by atoms with Crippen molar-refractivity contribution in [2.75, 3.05) is 19.6 Å². The number of benzene rings is 1. The fourth-order valence-corrected chi connectivity index (χ4v) is 2.35. The highest BCUT2D eigenvalue weighted by molar-refractivity contribution is 5.96. The van der Waals surface area contributed by atoms with Gasteiger partial charge in [0.25, 0.3) is 0 Å². The summed E-state index contributed by atoms with van der Waals surface area (Å²) in [4.78, 5) is 14.4. The Labute approximate surface area is 125 Å². The van der Waals surface area contributed by atoms with Crippen molar-refractivity contribution in [1.29, 1.82) is 0 Å². The van der Waals surface area contributed by atoms with Crippen LogP contribution in [0.25, 0.3) is 0 Å². The van der Waals surface area contributed by atoms with E-state index in [0.29, 0.717) is 24.3 Å². The third-order valence-corrected chi connectivity index (χ3v) is 3.68. The van der Waals surface area contributed by atoms with E-state index < -0.39 is 0 Å². The molecule has 0 aliphatic rings. The number of aromatic nitrogens is 1. The quantitative estimate of drug-likeness (QED) is 0.731. The molecule has 0 aliphatic carbocycles. The number of hydrogen-bond acceptors (Lipinski definition) is 2. The molecule has 3 nitrogen and oxygen atoms in total. The molecule has 0 aliphatic heterocycles. The van der Waals surface area contributed by atoms with Gasteiger partial charge in [0, 0.05) is 11.8 Å². The highest BCUT2D eigenvalue weighted by Crippen LogP contribution is 2.12. The Morgan fingerprint density at radius 3 is 2.52 bits per heavy atom. The van der Waals surface area contributed by atoms with Gasteiger partial charge in [-0.05, 0) is 31.3 Å². The molecule has 0 saturated heterocycles. The molecule has 1 aromatic carbocycles. The fraction of sp³-hybridized carbons (Fsp3) is 0.353. The van der Waals surface area contributed by atoms with Crippen LogP contribution in [0, 0.1) is 5.82 Å². The molecule has 0 saturated carbocycles. The zero-order valence-electron chi connectivity index (χ0n) is 12.6. The summed E-state index contributed by atoms with van der Waals surface area (Å²) in [5.41, 5.74) is 1.22. The third kappa shape index (κ3) is 3.79. The van der Waals surface area contributed by atoms with Crippen molar-refractivity contribution in [2.45, 2.75) is 20.4 Å². The van der Waals surface area contributed by atoms with Gasteiger partial charge in [-0.25, -0.2) is 4.39 Å². The summed E-state index contributed by atoms with van der Waals surface area (Å²) in [5, 5.41) is 0. The Hall–Kier alpha value is -1.94. The molecule has 0 spiro atoms. The Bertz CT molecular complexity index is 602. The highest BCUT2D eigenvalue weighted by atomic mass is 19.1. The number of rotatable bonds is 7. The van der Waals surface area contributed by atoms with Crippen LogP contribution in [0.1, 0.15) is 29.9 Å². The van der Waals surface area contributed by atoms with Crippen molar-refractivity contribution < 1.29 is 9.18 Å². The first kappa shape index (κ1) is 15.4. The molecule has 0 radical (unpaired) electrons. The van der Waals surface area contributed by atoms with Crippen molar-refractivity contribution >= 4 is 5.78 Å². The summed E-state index contributed by atoms with van der Waals surface area (Å²) in [7, 11) is 0. The van der Waals surface area contributed by atoms with Crippen LogP contribution in [-0.4, -0.2) is 34.9 Å². The average Bonchev–Trinajstić information content (AvgIpc) is 2.95. The van der Waals surface area contributed by atoms with E-state index in [-0.39, 0.29) is 11.6 Å². The summed E-state index contributed by atoms with van der Waals surface area (Å²) < 4.78 is 15.5. The van der Waals surface area contributed by atoms with Crippen LogP contribution in [0.3, 0.4) is 0 Å². The lowest BCUT2D eigenvalue weighted by Crippen LogP contribution is -2.30. The van der Waals surface area contributed by atoms with Crippen LogP contribution in [-0.2, 0) is 6.54 Å². The van der Waals surface area contributed by atoms with Gasteiger partial charge in [0.1, 0.15) is 5.82 Å². The predicted molar refractivity (Wildman–Crippen MR) is 82.1 cm³/mol. The maximum Gasteiger partial charge on any atom is 0.193 e. The van der Waals surface area contributed by atoms with E-state index >= 15 is 0 Å². The Kier molecular flexibility index (Phi) is 5.28. The summed E-state index contributed by atoms with van der Waals surface area (Å²) in [5.74, 6) is -0.173. The van der Waals surface area contributed by atoms with Crippen LogP contribution in [0.4, 0.5) is 4.39 Å². The smallest absolute Gasteiger partial charge is 0.193 e. The number of likely N-dealkylation sites (N-methyl/N-ethyl adjacent to an activating group) is 1. The zero-order valence-corrected chi connectivity index (χ0v) is 12.6. The summed E-state index contributed by atoms with van der Waals surface area (Å²) >= 11 is 0. The number of nitrogens with zero attached hydrogens (tertiary/aromatic N) is 2. The van der Waals surface area contributed by atoms with Crippen LogP contribution >= 0.6 is 0 Å². The van der Waals surface area contributed by atoms with Crippen molar-refractivity contribution in [1.82, 2.24) is 9.47 Å². The van der Waals surface area contributed by atoms with E-state index in [1.165, 1.54) is 6.07 Å². The van der Waals surface area contributed by atoms with E-state index in [0.717, 1.165) is 13.1 Å². The van der Waals surface area contributed by atoms with Crippen molar-refractivity contribution in [3.8, 4) is 0 Å². The molecule has 112 valence electrons. The molecule has 21 heavy (non-hydrogen) atoms. The molecule has 0 N–H and O–H groups in total. The average molecular weight is 288 g/mol. The molecule has 0 amide bonds. The molecule has 1 heterocycles. The normalized spacial score (nSPS) is 11.0. The lowest BCUT2D eigenvalue weighted by atomic mass is 10.2. The zero-order chi connectivity index (χ0) is 15.2. The van der Waals surface area contributed by atoms with Gasteiger partial charge in [0.2, 0.25) is 0 Å². The van der Waals surface area contributed by atoms with E-state index in [1.54, 1.807) is 24.3 Å². The lowest BCUT2D eigenvalue weighted by Gasteiger charge is -2.17. The predicted octanol–water partition coefficient (Wildman–Crippen LogP) is 3.20. The Morgan fingerprint density at radius 2 is 1.86 bits per heavy atom. The van der Waals surface area contributed by atoms with E-state index in [1.807, 2.05) is 30.7 Å². The second-order valence-electron chi connectivity index (χ2n) is 5.00. The highest BCUT2D eigenvalue weighted by Gasteiger charge is 2.14. The summed E-state index contributed by atoms with van der Waals surface area (Å²) in [6.45, 7) is 6.53. The SMILES string of the molecule is CCN(CC)CC(=O)c1cccn1Cc1ccccc1F. The molecule has 4 heteroatoms. The first-order valence-corrected chi connectivity index (χ1v) is 7.29. The van der Waals surface area contributed by atoms with Crippen molar-refractivity contribution in [3.05, 3.63) is 59.7 Å². The number of carbonyl (C=O) groups is 1. The minimum atomic E-state index is -0.242. The topological polar surface area (TPSA) is 25.2 Å². The summed E-state index contributed by atoms with van der Waals surface area (Å²) in [6.07, 6.45) is 1.82. The van der Waals surface area contributed by atoms with Gasteiger partial charge in [-0.1, -0.05) is 32.0 Å². The number of ketones is 1. The Morgan fingerprint density at radius 1 is 1.14 bits per heavy atom. The number of halogens is 1. The maximum atomic E-state index is 13.7. The maximum absolute atomic E-state index is 13.7. The van der Waals surface area contributed by atoms with Gasteiger partial charge in [-0.2, -0.15) is 0 Å². The fourth-order valence-electron chi connectivity index (χ4n) is 2.35. The molecule has 1 aromatic heterocycles. The van der Waals surface area contributed by atoms with Crippen LogP contribution in [0.5, 0.6) is 0 Å². The standard InChI is InChI=1S/C17H21FN2O/c1-3-19(4-2)13-17(21)16-10-7-11-20(16)12-14-8-5-6-9-15(14)18/h5-11H,3-4,12-13H2,1-2H3. The second-order valence-corrected chi connectivity index (χ2v) is 5.00. The second kappa shape index (κ2) is 7.18. The molecule has 0 bridgehead atoms. The lowest BCUT2D eigenvalue weighted by molar-refractivity contribution is 0.0928. The summed E-state index contributed by atoms with van der Waals surface area (Å²) in [6, 6.07) is 10.3.